The van der Waals surface area contributed by atoms with E-state index in [4.69, 9.17) is 4.74 Å². The van der Waals surface area contributed by atoms with Crippen molar-refractivity contribution in [2.45, 2.75) is 25.9 Å². The van der Waals surface area contributed by atoms with Crippen LogP contribution in [0.2, 0.25) is 0 Å². The minimum absolute atomic E-state index is 0.0567. The van der Waals surface area contributed by atoms with Gasteiger partial charge in [-0.3, -0.25) is 9.36 Å². The first-order valence-electron chi connectivity index (χ1n) is 9.95. The van der Waals surface area contributed by atoms with Gasteiger partial charge in [0.15, 0.2) is 12.4 Å². The Balaban J connectivity index is 1.34. The van der Waals surface area contributed by atoms with Crippen LogP contribution >= 0.6 is 0 Å². The standard InChI is InChI=1S/C22H25N5O2/c28-22(26-12-6-7-13-26)16-29-20-11-5-4-8-18(20)14-23-15-21-25-24-17-27(21)19-9-2-1-3-10-19/h1-5,8-11,17,23H,6-7,12-16H2. The lowest BCUT2D eigenvalue weighted by Gasteiger charge is -2.17. The van der Waals surface area contributed by atoms with E-state index < -0.39 is 0 Å². The highest BCUT2D eigenvalue weighted by molar-refractivity contribution is 5.78. The van der Waals surface area contributed by atoms with Crippen LogP contribution in [0.5, 0.6) is 5.75 Å². The maximum atomic E-state index is 12.2. The summed E-state index contributed by atoms with van der Waals surface area (Å²) in [5, 5.41) is 11.7. The lowest BCUT2D eigenvalue weighted by molar-refractivity contribution is -0.132. The number of ether oxygens (including phenoxy) is 1. The minimum Gasteiger partial charge on any atom is -0.483 e. The number of likely N-dealkylation sites (tertiary alicyclic amines) is 1. The number of benzene rings is 2. The fraction of sp³-hybridized carbons (Fsp3) is 0.318. The largest absolute Gasteiger partial charge is 0.483 e. The number of hydrogen-bond donors (Lipinski definition) is 1. The van der Waals surface area contributed by atoms with Crippen LogP contribution in [0, 0.1) is 0 Å². The van der Waals surface area contributed by atoms with Crippen molar-refractivity contribution in [3.63, 3.8) is 0 Å². The van der Waals surface area contributed by atoms with Gasteiger partial charge in [-0.05, 0) is 31.0 Å². The highest BCUT2D eigenvalue weighted by Gasteiger charge is 2.18. The summed E-state index contributed by atoms with van der Waals surface area (Å²) in [4.78, 5) is 14.1. The topological polar surface area (TPSA) is 72.3 Å². The van der Waals surface area contributed by atoms with Crippen molar-refractivity contribution in [2.24, 2.45) is 0 Å². The van der Waals surface area contributed by atoms with E-state index in [2.05, 4.69) is 15.5 Å². The van der Waals surface area contributed by atoms with Crippen molar-refractivity contribution >= 4 is 5.91 Å². The van der Waals surface area contributed by atoms with E-state index in [1.165, 1.54) is 0 Å². The average molecular weight is 391 g/mol. The summed E-state index contributed by atoms with van der Waals surface area (Å²) in [5.41, 5.74) is 2.03. The van der Waals surface area contributed by atoms with Crippen molar-refractivity contribution < 1.29 is 9.53 Å². The van der Waals surface area contributed by atoms with Crippen LogP contribution < -0.4 is 10.1 Å². The van der Waals surface area contributed by atoms with E-state index in [1.807, 2.05) is 64.1 Å². The Morgan fingerprint density at radius 1 is 1.00 bits per heavy atom. The quantitative estimate of drug-likeness (QED) is 0.639. The molecule has 0 bridgehead atoms. The van der Waals surface area contributed by atoms with Crippen LogP contribution in [0.25, 0.3) is 5.69 Å². The van der Waals surface area contributed by atoms with Gasteiger partial charge in [-0.15, -0.1) is 10.2 Å². The lowest BCUT2D eigenvalue weighted by atomic mass is 10.2. The third kappa shape index (κ3) is 4.81. The molecule has 0 aliphatic carbocycles. The molecule has 1 fully saturated rings. The summed E-state index contributed by atoms with van der Waals surface area (Å²) < 4.78 is 7.79. The van der Waals surface area contributed by atoms with Crippen molar-refractivity contribution in [2.75, 3.05) is 19.7 Å². The van der Waals surface area contributed by atoms with Gasteiger partial charge < -0.3 is 15.0 Å². The molecule has 0 saturated carbocycles. The lowest BCUT2D eigenvalue weighted by Crippen LogP contribution is -2.32. The van der Waals surface area contributed by atoms with Crippen LogP contribution in [-0.4, -0.2) is 45.3 Å². The van der Waals surface area contributed by atoms with Crippen molar-refractivity contribution in [1.82, 2.24) is 25.0 Å². The Bertz CT molecular complexity index is 935. The first kappa shape index (κ1) is 19.1. The zero-order valence-corrected chi connectivity index (χ0v) is 16.3. The second-order valence-electron chi connectivity index (χ2n) is 7.04. The third-order valence-corrected chi connectivity index (χ3v) is 5.03. The van der Waals surface area contributed by atoms with E-state index in [9.17, 15) is 4.79 Å². The van der Waals surface area contributed by atoms with E-state index >= 15 is 0 Å². The molecule has 29 heavy (non-hydrogen) atoms. The monoisotopic (exact) mass is 391 g/mol. The van der Waals surface area contributed by atoms with Gasteiger partial charge in [-0.25, -0.2) is 0 Å². The maximum absolute atomic E-state index is 12.2. The van der Waals surface area contributed by atoms with Gasteiger partial charge in [0.05, 0.1) is 6.54 Å². The van der Waals surface area contributed by atoms with Crippen LogP contribution in [0.3, 0.4) is 0 Å². The summed E-state index contributed by atoms with van der Waals surface area (Å²) in [5.74, 6) is 1.62. The molecule has 7 nitrogen and oxygen atoms in total. The van der Waals surface area contributed by atoms with Crippen LogP contribution in [0.4, 0.5) is 0 Å². The SMILES string of the molecule is O=C(COc1ccccc1CNCc1nncn1-c1ccccc1)N1CCCC1. The molecule has 1 aliphatic rings. The van der Waals surface area contributed by atoms with Crippen molar-refractivity contribution in [1.29, 1.82) is 0 Å². The summed E-state index contributed by atoms with van der Waals surface area (Å²) in [6, 6.07) is 17.8. The summed E-state index contributed by atoms with van der Waals surface area (Å²) in [7, 11) is 0. The fourth-order valence-corrected chi connectivity index (χ4v) is 3.48. The number of nitrogens with zero attached hydrogens (tertiary/aromatic N) is 4. The summed E-state index contributed by atoms with van der Waals surface area (Å²) in [6.45, 7) is 2.94. The number of nitrogens with one attached hydrogen (secondary N) is 1. The second kappa shape index (κ2) is 9.34. The molecule has 2 heterocycles. The predicted octanol–water partition coefficient (Wildman–Crippen LogP) is 2.56. The third-order valence-electron chi connectivity index (χ3n) is 5.03. The van der Waals surface area contributed by atoms with Crippen LogP contribution in [-0.2, 0) is 17.9 Å². The molecule has 0 atom stereocenters. The van der Waals surface area contributed by atoms with Crippen molar-refractivity contribution in [3.8, 4) is 11.4 Å². The van der Waals surface area contributed by atoms with E-state index in [-0.39, 0.29) is 12.5 Å². The molecule has 150 valence electrons. The average Bonchev–Trinajstić information content (AvgIpc) is 3.46. The molecule has 1 saturated heterocycles. The normalized spacial score (nSPS) is 13.6. The van der Waals surface area contributed by atoms with Gasteiger partial charge in [0.1, 0.15) is 12.1 Å². The van der Waals surface area contributed by atoms with E-state index in [0.717, 1.165) is 48.8 Å². The Morgan fingerprint density at radius 2 is 1.76 bits per heavy atom. The van der Waals surface area contributed by atoms with Gasteiger partial charge in [-0.1, -0.05) is 36.4 Å². The number of para-hydroxylation sites is 2. The summed E-state index contributed by atoms with van der Waals surface area (Å²) in [6.07, 6.45) is 3.88. The van der Waals surface area contributed by atoms with Crippen LogP contribution in [0.15, 0.2) is 60.9 Å². The molecule has 1 aliphatic heterocycles. The molecule has 0 spiro atoms. The first-order valence-corrected chi connectivity index (χ1v) is 9.95. The highest BCUT2D eigenvalue weighted by atomic mass is 16.5. The number of amides is 1. The molecule has 7 heteroatoms. The highest BCUT2D eigenvalue weighted by Crippen LogP contribution is 2.18. The molecule has 1 amide bonds. The maximum Gasteiger partial charge on any atom is 0.260 e. The zero-order chi connectivity index (χ0) is 19.9. The number of carbonyl (C=O) groups is 1. The molecule has 1 aromatic heterocycles. The molecule has 0 unspecified atom stereocenters. The second-order valence-corrected chi connectivity index (χ2v) is 7.04. The Labute approximate surface area is 170 Å². The Kier molecular flexibility index (Phi) is 6.16. The van der Waals surface area contributed by atoms with Gasteiger partial charge in [0, 0.05) is 30.9 Å². The Morgan fingerprint density at radius 3 is 2.59 bits per heavy atom. The molecular formula is C22H25N5O2. The number of aromatic nitrogens is 3. The van der Waals surface area contributed by atoms with E-state index in [1.54, 1.807) is 6.33 Å². The van der Waals surface area contributed by atoms with Gasteiger partial charge in [0.2, 0.25) is 0 Å². The van der Waals surface area contributed by atoms with E-state index in [0.29, 0.717) is 13.1 Å². The molecule has 0 radical (unpaired) electrons. The molecule has 1 N–H and O–H groups in total. The van der Waals surface area contributed by atoms with Crippen molar-refractivity contribution in [3.05, 3.63) is 72.3 Å². The first-order chi connectivity index (χ1) is 14.3. The number of rotatable bonds is 8. The Hall–Kier alpha value is -3.19. The van der Waals surface area contributed by atoms with Gasteiger partial charge in [-0.2, -0.15) is 0 Å². The van der Waals surface area contributed by atoms with Crippen LogP contribution in [0.1, 0.15) is 24.2 Å². The smallest absolute Gasteiger partial charge is 0.260 e. The zero-order valence-electron chi connectivity index (χ0n) is 16.3. The number of hydrogen-bond acceptors (Lipinski definition) is 5. The summed E-state index contributed by atoms with van der Waals surface area (Å²) >= 11 is 0. The molecular weight excluding hydrogens is 366 g/mol. The molecule has 2 aromatic carbocycles. The number of carbonyl (C=O) groups excluding carboxylic acids is 1. The molecule has 3 aromatic rings. The minimum atomic E-state index is 0.0567. The molecule has 4 rings (SSSR count). The van der Waals surface area contributed by atoms with Gasteiger partial charge >= 0.3 is 0 Å². The van der Waals surface area contributed by atoms with Gasteiger partial charge in [0.25, 0.3) is 5.91 Å². The fourth-order valence-electron chi connectivity index (χ4n) is 3.48. The predicted molar refractivity (Wildman–Crippen MR) is 110 cm³/mol.